The third-order valence-corrected chi connectivity index (χ3v) is 3.96. The summed E-state index contributed by atoms with van der Waals surface area (Å²) in [6.07, 6.45) is 1.84. The number of benzene rings is 1. The first-order chi connectivity index (χ1) is 12.6. The highest BCUT2D eigenvalue weighted by atomic mass is 19.1. The van der Waals surface area contributed by atoms with Crippen LogP contribution in [0.5, 0.6) is 5.75 Å². The highest BCUT2D eigenvalue weighted by Gasteiger charge is 2.21. The van der Waals surface area contributed by atoms with Gasteiger partial charge in [-0.05, 0) is 30.7 Å². The Bertz CT molecular complexity index is 956. The number of carbonyl (C=O) groups excluding carboxylic acids is 1. The van der Waals surface area contributed by atoms with Crippen LogP contribution in [0.2, 0.25) is 0 Å². The van der Waals surface area contributed by atoms with Crippen molar-refractivity contribution < 1.29 is 18.3 Å². The predicted octanol–water partition coefficient (Wildman–Crippen LogP) is 2.82. The van der Waals surface area contributed by atoms with E-state index >= 15 is 0 Å². The van der Waals surface area contributed by atoms with E-state index in [1.165, 1.54) is 17.6 Å². The molecule has 0 aliphatic heterocycles. The number of anilines is 1. The molecule has 8 heteroatoms. The number of nitrogens with zero attached hydrogens (tertiary/aromatic N) is 2. The number of hydrogen-bond donors (Lipinski definition) is 2. The standard InChI is InChI=1S/C18H18F2N4O2/c1-26-13-7-2-6-12(20)14(13)11-5-3-10-24-16(21)15(23-17(11)24)18(25)22-9-4-8-19/h2-3,5-7,10H,4,8-9,21H2,1H3,(H,22,25). The minimum absolute atomic E-state index is 0.00612. The number of ether oxygens (including phenoxy) is 1. The SMILES string of the molecule is COc1cccc(F)c1-c1cccn2c(N)c(C(=O)NCCCF)nc12. The second kappa shape index (κ2) is 7.38. The Labute approximate surface area is 148 Å². The molecular formula is C18H18F2N4O2. The second-order valence-corrected chi connectivity index (χ2v) is 5.58. The zero-order chi connectivity index (χ0) is 18.7. The van der Waals surface area contributed by atoms with Gasteiger partial charge in [-0.2, -0.15) is 0 Å². The molecule has 0 saturated carbocycles. The molecule has 26 heavy (non-hydrogen) atoms. The summed E-state index contributed by atoms with van der Waals surface area (Å²) in [5.41, 5.74) is 7.04. The molecule has 2 heterocycles. The molecule has 3 N–H and O–H groups in total. The Morgan fingerprint density at radius 3 is 2.88 bits per heavy atom. The third-order valence-electron chi connectivity index (χ3n) is 3.96. The van der Waals surface area contributed by atoms with Crippen LogP contribution in [-0.2, 0) is 0 Å². The lowest BCUT2D eigenvalue weighted by molar-refractivity contribution is 0.0949. The van der Waals surface area contributed by atoms with Gasteiger partial charge in [0.1, 0.15) is 23.0 Å². The maximum Gasteiger partial charge on any atom is 0.273 e. The highest BCUT2D eigenvalue weighted by molar-refractivity contribution is 5.99. The number of imidazole rings is 1. The van der Waals surface area contributed by atoms with Gasteiger partial charge in [0, 0.05) is 18.3 Å². The molecule has 0 fully saturated rings. The first-order valence-electron chi connectivity index (χ1n) is 8.02. The zero-order valence-electron chi connectivity index (χ0n) is 14.1. The van der Waals surface area contributed by atoms with E-state index in [0.717, 1.165) is 0 Å². The molecule has 1 amide bonds. The largest absolute Gasteiger partial charge is 0.496 e. The Hall–Kier alpha value is -3.16. The Kier molecular flexibility index (Phi) is 5.01. The van der Waals surface area contributed by atoms with Crippen LogP contribution in [0.4, 0.5) is 14.6 Å². The number of pyridine rings is 1. The summed E-state index contributed by atoms with van der Waals surface area (Å²) in [5.74, 6) is -0.525. The van der Waals surface area contributed by atoms with Gasteiger partial charge in [0.05, 0.1) is 19.3 Å². The number of amides is 1. The first-order valence-corrected chi connectivity index (χ1v) is 8.02. The van der Waals surface area contributed by atoms with E-state index in [0.29, 0.717) is 17.0 Å². The predicted molar refractivity (Wildman–Crippen MR) is 94.5 cm³/mol. The maximum absolute atomic E-state index is 14.5. The molecule has 136 valence electrons. The lowest BCUT2D eigenvalue weighted by Gasteiger charge is -2.10. The van der Waals surface area contributed by atoms with Gasteiger partial charge in [0.25, 0.3) is 5.91 Å². The number of fused-ring (bicyclic) bond motifs is 1. The quantitative estimate of drug-likeness (QED) is 0.663. The van der Waals surface area contributed by atoms with Gasteiger partial charge in [-0.25, -0.2) is 9.37 Å². The van der Waals surface area contributed by atoms with E-state index in [1.807, 2.05) is 0 Å². The topological polar surface area (TPSA) is 81.6 Å². The number of carbonyl (C=O) groups is 1. The van der Waals surface area contributed by atoms with Gasteiger partial charge >= 0.3 is 0 Å². The number of nitrogens with two attached hydrogens (primary N) is 1. The highest BCUT2D eigenvalue weighted by Crippen LogP contribution is 2.35. The molecule has 0 aliphatic rings. The Balaban J connectivity index is 2.13. The van der Waals surface area contributed by atoms with Crippen molar-refractivity contribution in [3.8, 4) is 16.9 Å². The van der Waals surface area contributed by atoms with Gasteiger partial charge in [-0.3, -0.25) is 13.6 Å². The van der Waals surface area contributed by atoms with Gasteiger partial charge in [0.2, 0.25) is 0 Å². The summed E-state index contributed by atoms with van der Waals surface area (Å²) in [6.45, 7) is -0.352. The van der Waals surface area contributed by atoms with E-state index in [9.17, 15) is 13.6 Å². The monoisotopic (exact) mass is 360 g/mol. The first kappa shape index (κ1) is 17.7. The van der Waals surface area contributed by atoms with Gasteiger partial charge < -0.3 is 15.8 Å². The fraction of sp³-hybridized carbons (Fsp3) is 0.222. The van der Waals surface area contributed by atoms with Crippen LogP contribution in [0, 0.1) is 5.82 Å². The molecule has 0 atom stereocenters. The van der Waals surface area contributed by atoms with Crippen molar-refractivity contribution in [3.05, 3.63) is 48.0 Å². The minimum atomic E-state index is -0.530. The summed E-state index contributed by atoms with van der Waals surface area (Å²) < 4.78 is 33.4. The van der Waals surface area contributed by atoms with E-state index < -0.39 is 18.4 Å². The van der Waals surface area contributed by atoms with Gasteiger partial charge in [-0.15, -0.1) is 0 Å². The van der Waals surface area contributed by atoms with Crippen molar-refractivity contribution in [1.82, 2.24) is 14.7 Å². The van der Waals surface area contributed by atoms with Crippen molar-refractivity contribution in [2.75, 3.05) is 26.1 Å². The van der Waals surface area contributed by atoms with Crippen molar-refractivity contribution in [2.45, 2.75) is 6.42 Å². The fourth-order valence-corrected chi connectivity index (χ4v) is 2.74. The number of nitrogens with one attached hydrogen (secondary N) is 1. The molecule has 0 spiro atoms. The van der Waals surface area contributed by atoms with Crippen LogP contribution in [0.3, 0.4) is 0 Å². The lowest BCUT2D eigenvalue weighted by atomic mass is 10.1. The number of hydrogen-bond acceptors (Lipinski definition) is 4. The van der Waals surface area contributed by atoms with Crippen molar-refractivity contribution in [3.63, 3.8) is 0 Å². The molecule has 0 radical (unpaired) electrons. The fourth-order valence-electron chi connectivity index (χ4n) is 2.74. The minimum Gasteiger partial charge on any atom is -0.496 e. The Morgan fingerprint density at radius 1 is 1.35 bits per heavy atom. The van der Waals surface area contributed by atoms with Crippen molar-refractivity contribution >= 4 is 17.4 Å². The summed E-state index contributed by atoms with van der Waals surface area (Å²) in [6, 6.07) is 7.85. The average Bonchev–Trinajstić information content (AvgIpc) is 2.99. The van der Waals surface area contributed by atoms with Gasteiger partial charge in [0.15, 0.2) is 5.69 Å². The molecule has 6 nitrogen and oxygen atoms in total. The van der Waals surface area contributed by atoms with Gasteiger partial charge in [-0.1, -0.05) is 6.07 Å². The summed E-state index contributed by atoms with van der Waals surface area (Å²) in [4.78, 5) is 16.6. The van der Waals surface area contributed by atoms with Crippen LogP contribution in [0.25, 0.3) is 16.8 Å². The normalized spacial score (nSPS) is 10.9. The second-order valence-electron chi connectivity index (χ2n) is 5.58. The summed E-state index contributed by atoms with van der Waals surface area (Å²) >= 11 is 0. The molecule has 0 bridgehead atoms. The molecule has 2 aromatic heterocycles. The van der Waals surface area contributed by atoms with E-state index in [1.54, 1.807) is 30.5 Å². The molecule has 0 unspecified atom stereocenters. The molecule has 0 saturated heterocycles. The third kappa shape index (κ3) is 3.05. The van der Waals surface area contributed by atoms with E-state index in [2.05, 4.69) is 10.3 Å². The molecule has 0 aliphatic carbocycles. The van der Waals surface area contributed by atoms with Crippen LogP contribution in [0.15, 0.2) is 36.5 Å². The maximum atomic E-state index is 14.5. The van der Waals surface area contributed by atoms with Crippen LogP contribution >= 0.6 is 0 Å². The van der Waals surface area contributed by atoms with Crippen molar-refractivity contribution in [1.29, 1.82) is 0 Å². The van der Waals surface area contributed by atoms with Crippen LogP contribution in [-0.4, -0.2) is 35.6 Å². The van der Waals surface area contributed by atoms with E-state index in [-0.39, 0.29) is 30.0 Å². The zero-order valence-corrected chi connectivity index (χ0v) is 14.1. The lowest BCUT2D eigenvalue weighted by Crippen LogP contribution is -2.25. The number of rotatable bonds is 6. The molecular weight excluding hydrogens is 342 g/mol. The van der Waals surface area contributed by atoms with E-state index in [4.69, 9.17) is 10.5 Å². The number of aromatic nitrogens is 2. The Morgan fingerprint density at radius 2 is 2.15 bits per heavy atom. The van der Waals surface area contributed by atoms with Crippen LogP contribution < -0.4 is 15.8 Å². The number of nitrogen functional groups attached to an aromatic ring is 1. The summed E-state index contributed by atoms with van der Waals surface area (Å²) in [5, 5.41) is 2.56. The number of halogens is 2. The smallest absolute Gasteiger partial charge is 0.273 e. The number of methoxy groups -OCH3 is 1. The molecule has 3 aromatic rings. The number of alkyl halides is 1. The molecule has 3 rings (SSSR count). The molecule has 1 aromatic carbocycles. The van der Waals surface area contributed by atoms with Crippen LogP contribution in [0.1, 0.15) is 16.9 Å². The summed E-state index contributed by atoms with van der Waals surface area (Å²) in [7, 11) is 1.45. The average molecular weight is 360 g/mol. The van der Waals surface area contributed by atoms with Crippen molar-refractivity contribution in [2.24, 2.45) is 0 Å².